The number of carbonyl (C=O) groups excluding carboxylic acids is 1. The lowest BCUT2D eigenvalue weighted by atomic mass is 9.95. The molecule has 1 aliphatic rings. The van der Waals surface area contributed by atoms with Gasteiger partial charge in [0, 0.05) is 18.1 Å². The third-order valence-electron chi connectivity index (χ3n) is 5.17. The van der Waals surface area contributed by atoms with Crippen molar-refractivity contribution in [2.24, 2.45) is 0 Å². The Morgan fingerprint density at radius 3 is 3.07 bits per heavy atom. The van der Waals surface area contributed by atoms with Crippen LogP contribution >= 0.6 is 0 Å². The van der Waals surface area contributed by atoms with Crippen LogP contribution in [-0.2, 0) is 4.74 Å². The van der Waals surface area contributed by atoms with Gasteiger partial charge in [-0.1, -0.05) is 19.1 Å². The van der Waals surface area contributed by atoms with Gasteiger partial charge in [0.1, 0.15) is 16.9 Å². The predicted octanol–water partition coefficient (Wildman–Crippen LogP) is 3.05. The molecule has 0 radical (unpaired) electrons. The van der Waals surface area contributed by atoms with E-state index in [1.165, 1.54) is 0 Å². The molecule has 1 aliphatic heterocycles. The maximum Gasteiger partial charge on any atom is 0.255 e. The van der Waals surface area contributed by atoms with E-state index in [-0.39, 0.29) is 11.8 Å². The zero-order chi connectivity index (χ0) is 20.0. The van der Waals surface area contributed by atoms with E-state index >= 15 is 0 Å². The van der Waals surface area contributed by atoms with Gasteiger partial charge in [0.05, 0.1) is 29.8 Å². The molecule has 1 aromatic carbocycles. The number of nitrogens with one attached hydrogen (secondary N) is 3. The SMILES string of the molecule is CCCNC(=O)c1c[nH]c2ncc(-c3n[nH]c4cc(C5COC5F)ccc34)nc12. The Labute approximate surface area is 164 Å². The molecular weight excluding hydrogens is 375 g/mol. The van der Waals surface area contributed by atoms with Crippen LogP contribution in [0.2, 0.25) is 0 Å². The first-order valence-electron chi connectivity index (χ1n) is 9.52. The number of aromatic nitrogens is 5. The van der Waals surface area contributed by atoms with E-state index in [0.29, 0.717) is 41.3 Å². The first-order chi connectivity index (χ1) is 14.2. The van der Waals surface area contributed by atoms with E-state index in [1.807, 2.05) is 25.1 Å². The molecule has 0 aliphatic carbocycles. The van der Waals surface area contributed by atoms with Crippen molar-refractivity contribution < 1.29 is 13.9 Å². The largest absolute Gasteiger partial charge is 0.352 e. The summed E-state index contributed by atoms with van der Waals surface area (Å²) in [4.78, 5) is 24.4. The van der Waals surface area contributed by atoms with Crippen LogP contribution < -0.4 is 5.32 Å². The Kier molecular flexibility index (Phi) is 4.24. The number of alkyl halides is 1. The lowest BCUT2D eigenvalue weighted by Gasteiger charge is -2.30. The fourth-order valence-corrected chi connectivity index (χ4v) is 3.49. The molecule has 8 nitrogen and oxygen atoms in total. The number of H-pyrrole nitrogens is 2. The van der Waals surface area contributed by atoms with Crippen molar-refractivity contribution in [2.45, 2.75) is 25.6 Å². The summed E-state index contributed by atoms with van der Waals surface area (Å²) in [6.45, 7) is 2.97. The van der Waals surface area contributed by atoms with Crippen molar-refractivity contribution in [1.29, 1.82) is 0 Å². The first-order valence-corrected chi connectivity index (χ1v) is 9.52. The van der Waals surface area contributed by atoms with Crippen molar-refractivity contribution in [2.75, 3.05) is 13.2 Å². The molecule has 0 bridgehead atoms. The van der Waals surface area contributed by atoms with Gasteiger partial charge in [-0.3, -0.25) is 9.89 Å². The number of amides is 1. The monoisotopic (exact) mass is 394 g/mol. The van der Waals surface area contributed by atoms with Crippen molar-refractivity contribution in [1.82, 2.24) is 30.5 Å². The first kappa shape index (κ1) is 17.7. The Balaban J connectivity index is 1.53. The Morgan fingerprint density at radius 1 is 1.41 bits per heavy atom. The number of hydrogen-bond acceptors (Lipinski definition) is 5. The molecule has 0 spiro atoms. The van der Waals surface area contributed by atoms with Crippen molar-refractivity contribution >= 4 is 28.0 Å². The third kappa shape index (κ3) is 2.94. The van der Waals surface area contributed by atoms with Crippen LogP contribution in [0.25, 0.3) is 33.5 Å². The molecule has 5 rings (SSSR count). The number of nitrogens with zero attached hydrogens (tertiary/aromatic N) is 3. The van der Waals surface area contributed by atoms with Crippen LogP contribution in [-0.4, -0.2) is 50.6 Å². The summed E-state index contributed by atoms with van der Waals surface area (Å²) in [7, 11) is 0. The molecule has 1 amide bonds. The summed E-state index contributed by atoms with van der Waals surface area (Å²) in [5.41, 5.74) is 4.32. The Bertz CT molecular complexity index is 1220. The highest BCUT2D eigenvalue weighted by Gasteiger charge is 2.33. The smallest absolute Gasteiger partial charge is 0.255 e. The molecule has 1 fully saturated rings. The molecule has 0 saturated carbocycles. The van der Waals surface area contributed by atoms with Gasteiger partial charge < -0.3 is 15.0 Å². The average Bonchev–Trinajstić information content (AvgIpc) is 3.34. The average molecular weight is 394 g/mol. The normalized spacial score (nSPS) is 18.8. The van der Waals surface area contributed by atoms with Crippen LogP contribution in [0.5, 0.6) is 0 Å². The molecule has 4 aromatic rings. The topological polar surface area (TPSA) is 109 Å². The summed E-state index contributed by atoms with van der Waals surface area (Å²) in [6.07, 6.45) is 2.83. The highest BCUT2D eigenvalue weighted by atomic mass is 19.1. The number of rotatable bonds is 5. The highest BCUT2D eigenvalue weighted by molar-refractivity contribution is 6.05. The van der Waals surface area contributed by atoms with Crippen molar-refractivity contribution in [3.63, 3.8) is 0 Å². The minimum Gasteiger partial charge on any atom is -0.352 e. The van der Waals surface area contributed by atoms with E-state index in [2.05, 4.69) is 30.5 Å². The maximum absolute atomic E-state index is 13.5. The molecule has 148 valence electrons. The Hall–Kier alpha value is -3.33. The maximum atomic E-state index is 13.5. The minimum absolute atomic E-state index is 0.190. The quantitative estimate of drug-likeness (QED) is 0.482. The molecule has 2 unspecified atom stereocenters. The van der Waals surface area contributed by atoms with Crippen LogP contribution in [0.3, 0.4) is 0 Å². The fraction of sp³-hybridized carbons (Fsp3) is 0.300. The molecule has 2 atom stereocenters. The number of carbonyl (C=O) groups is 1. The van der Waals surface area contributed by atoms with Gasteiger partial charge in [-0.2, -0.15) is 5.10 Å². The lowest BCUT2D eigenvalue weighted by molar-refractivity contribution is -0.154. The molecule has 4 heterocycles. The molecule has 29 heavy (non-hydrogen) atoms. The second kappa shape index (κ2) is 6.93. The van der Waals surface area contributed by atoms with Crippen LogP contribution in [0.15, 0.2) is 30.6 Å². The van der Waals surface area contributed by atoms with Gasteiger partial charge in [0.2, 0.25) is 6.36 Å². The van der Waals surface area contributed by atoms with E-state index in [4.69, 9.17) is 4.74 Å². The summed E-state index contributed by atoms with van der Waals surface area (Å²) in [5, 5.41) is 11.1. The minimum atomic E-state index is -1.26. The summed E-state index contributed by atoms with van der Waals surface area (Å²) < 4.78 is 18.4. The summed E-state index contributed by atoms with van der Waals surface area (Å²) >= 11 is 0. The van der Waals surface area contributed by atoms with E-state index in [1.54, 1.807) is 12.4 Å². The van der Waals surface area contributed by atoms with Crippen molar-refractivity contribution in [3.05, 3.63) is 41.7 Å². The van der Waals surface area contributed by atoms with E-state index in [9.17, 15) is 9.18 Å². The summed E-state index contributed by atoms with van der Waals surface area (Å²) in [5.74, 6) is -0.434. The van der Waals surface area contributed by atoms with Gasteiger partial charge in [-0.05, 0) is 18.1 Å². The van der Waals surface area contributed by atoms with Gasteiger partial charge in [0.15, 0.2) is 5.65 Å². The second-order valence-corrected chi connectivity index (χ2v) is 7.08. The number of hydrogen-bond donors (Lipinski definition) is 3. The molecule has 1 saturated heterocycles. The van der Waals surface area contributed by atoms with E-state index < -0.39 is 6.36 Å². The zero-order valence-corrected chi connectivity index (χ0v) is 15.7. The lowest BCUT2D eigenvalue weighted by Crippen LogP contribution is -2.33. The standard InChI is InChI=1S/C20H19FN6O2/c1-2-5-22-20(28)12-7-23-19-17(12)25-15(8-24-19)16-11-4-3-10(6-14(11)26-27-16)13-9-29-18(13)21/h3-4,6-8,13,18H,2,5,9H2,1H3,(H,22,28)(H,23,24)(H,26,27). The van der Waals surface area contributed by atoms with Crippen LogP contribution in [0.1, 0.15) is 35.2 Å². The zero-order valence-electron chi connectivity index (χ0n) is 15.7. The van der Waals surface area contributed by atoms with Gasteiger partial charge in [0.25, 0.3) is 5.91 Å². The fourth-order valence-electron chi connectivity index (χ4n) is 3.49. The molecule has 3 aromatic heterocycles. The summed E-state index contributed by atoms with van der Waals surface area (Å²) in [6, 6.07) is 5.66. The van der Waals surface area contributed by atoms with Gasteiger partial charge in [-0.15, -0.1) is 0 Å². The van der Waals surface area contributed by atoms with Gasteiger partial charge in [-0.25, -0.2) is 14.4 Å². The number of ether oxygens (including phenoxy) is 1. The molecule has 9 heteroatoms. The third-order valence-corrected chi connectivity index (χ3v) is 5.17. The van der Waals surface area contributed by atoms with Gasteiger partial charge >= 0.3 is 0 Å². The molecule has 3 N–H and O–H groups in total. The van der Waals surface area contributed by atoms with Crippen LogP contribution in [0, 0.1) is 0 Å². The number of fused-ring (bicyclic) bond motifs is 2. The van der Waals surface area contributed by atoms with E-state index in [0.717, 1.165) is 22.9 Å². The predicted molar refractivity (Wildman–Crippen MR) is 105 cm³/mol. The molecular formula is C20H19FN6O2. The number of halogens is 1. The highest BCUT2D eigenvalue weighted by Crippen LogP contribution is 2.35. The number of benzene rings is 1. The second-order valence-electron chi connectivity index (χ2n) is 7.08. The Morgan fingerprint density at radius 2 is 2.31 bits per heavy atom. The van der Waals surface area contributed by atoms with Crippen LogP contribution in [0.4, 0.5) is 4.39 Å². The van der Waals surface area contributed by atoms with Crippen molar-refractivity contribution in [3.8, 4) is 11.4 Å². The number of aromatic amines is 2.